The number of halogens is 1. The lowest BCUT2D eigenvalue weighted by Gasteiger charge is -2.16. The van der Waals surface area contributed by atoms with E-state index in [2.05, 4.69) is 30.9 Å². The average molecular weight is 640 g/mol. The number of aliphatic hydroxyl groups is 1. The number of aromatic nitrogens is 6. The number of esters is 1. The third kappa shape index (κ3) is 7.18. The van der Waals surface area contributed by atoms with Gasteiger partial charge in [-0.1, -0.05) is 73.5 Å². The number of carbonyl (C=O) groups is 2. The SMILES string of the molecule is CCCCc1nc(Cl)c(C(=O)OCO/N=[N+](\[O-])N2CC(O)CC2C(=O)O)n1Cc1ccc(-c2ccccc2-c2nn[nH]n2)cc1. The highest BCUT2D eigenvalue weighted by atomic mass is 35.5. The minimum atomic E-state index is -1.29. The molecule has 3 N–H and O–H groups in total. The van der Waals surface area contributed by atoms with Crippen LogP contribution >= 0.6 is 11.6 Å². The van der Waals surface area contributed by atoms with Gasteiger partial charge in [-0.3, -0.25) is 0 Å². The number of nitrogens with one attached hydrogen (secondary N) is 1. The minimum Gasteiger partial charge on any atom is -0.569 e. The Morgan fingerprint density at radius 2 is 1.96 bits per heavy atom. The lowest BCUT2D eigenvalue weighted by Crippen LogP contribution is -2.40. The molecule has 4 aromatic rings. The Morgan fingerprint density at radius 1 is 1.20 bits per heavy atom. The standard InChI is InChI=1S/C28H30ClN9O7/c1-2-3-8-23-30-25(29)24(28(42)44-16-45-35-38(43)37-15-19(39)13-22(37)27(40)41)36(23)14-17-9-11-18(12-10-17)20-6-4-5-7-21(20)26-31-33-34-32-26/h4-7,9-12,19,22,39H,2-3,8,13-16H2,1H3,(H,40,41)(H,31,32,33,34)/b38-35-. The van der Waals surface area contributed by atoms with E-state index in [-0.39, 0.29) is 35.3 Å². The topological polar surface area (TPSA) is 207 Å². The second kappa shape index (κ2) is 14.1. The number of hydrogen-bond acceptors (Lipinski definition) is 11. The van der Waals surface area contributed by atoms with Crippen molar-refractivity contribution in [2.75, 3.05) is 13.3 Å². The maximum absolute atomic E-state index is 13.1. The van der Waals surface area contributed by atoms with Gasteiger partial charge >= 0.3 is 11.9 Å². The Bertz CT molecular complexity index is 1660. The quantitative estimate of drug-likeness (QED) is 0.0481. The third-order valence-corrected chi connectivity index (χ3v) is 7.46. The van der Waals surface area contributed by atoms with Crippen LogP contribution in [-0.2, 0) is 27.3 Å². The van der Waals surface area contributed by atoms with Crippen molar-refractivity contribution in [1.82, 2.24) is 35.2 Å². The fraction of sp³-hybridized carbons (Fsp3) is 0.357. The maximum Gasteiger partial charge on any atom is 0.361 e. The molecule has 2 aromatic heterocycles. The first kappa shape index (κ1) is 31.3. The van der Waals surface area contributed by atoms with Gasteiger partial charge in [-0.05, 0) is 28.3 Å². The first-order valence-corrected chi connectivity index (χ1v) is 14.5. The second-order valence-electron chi connectivity index (χ2n) is 10.2. The number of H-pyrrole nitrogens is 1. The molecule has 0 aliphatic carbocycles. The Kier molecular flexibility index (Phi) is 9.84. The first-order valence-electron chi connectivity index (χ1n) is 14.1. The third-order valence-electron chi connectivity index (χ3n) is 7.20. The number of β-amino-alcohol motifs (C(OH)–C–C–N with tert-alkyl or cyclic N) is 1. The Hall–Kier alpha value is -5.09. The van der Waals surface area contributed by atoms with Crippen LogP contribution in [0.4, 0.5) is 0 Å². The number of imidazole rings is 1. The first-order chi connectivity index (χ1) is 21.8. The molecule has 0 amide bonds. The number of aromatic amines is 1. The molecule has 16 nitrogen and oxygen atoms in total. The summed E-state index contributed by atoms with van der Waals surface area (Å²) in [6.07, 6.45) is 1.14. The van der Waals surface area contributed by atoms with Crippen molar-refractivity contribution in [3.8, 4) is 22.5 Å². The fourth-order valence-electron chi connectivity index (χ4n) is 5.02. The van der Waals surface area contributed by atoms with Gasteiger partial charge in [0.1, 0.15) is 12.4 Å². The number of aliphatic hydroxyl groups excluding tert-OH is 1. The number of carboxylic acid groups (broad SMARTS) is 1. The van der Waals surface area contributed by atoms with Crippen molar-refractivity contribution in [1.29, 1.82) is 0 Å². The Balaban J connectivity index is 1.30. The molecule has 1 aliphatic rings. The average Bonchev–Trinajstić information content (AvgIpc) is 3.78. The van der Waals surface area contributed by atoms with Gasteiger partial charge in [0.2, 0.25) is 11.1 Å². The van der Waals surface area contributed by atoms with Crippen LogP contribution in [0.5, 0.6) is 0 Å². The Morgan fingerprint density at radius 3 is 2.64 bits per heavy atom. The zero-order valence-corrected chi connectivity index (χ0v) is 24.9. The van der Waals surface area contributed by atoms with E-state index in [0.29, 0.717) is 18.1 Å². The van der Waals surface area contributed by atoms with Gasteiger partial charge in [-0.2, -0.15) is 5.21 Å². The van der Waals surface area contributed by atoms with E-state index in [4.69, 9.17) is 21.2 Å². The molecule has 0 bridgehead atoms. The summed E-state index contributed by atoms with van der Waals surface area (Å²) < 4.78 is 6.85. The van der Waals surface area contributed by atoms with Gasteiger partial charge in [-0.15, -0.1) is 15.2 Å². The van der Waals surface area contributed by atoms with E-state index in [1.54, 1.807) is 4.57 Å². The number of nitrogens with zero attached hydrogens (tertiary/aromatic N) is 8. The number of benzene rings is 2. The summed E-state index contributed by atoms with van der Waals surface area (Å²) >= 11 is 6.41. The van der Waals surface area contributed by atoms with Crippen molar-refractivity contribution in [3.05, 3.63) is 76.0 Å². The molecule has 3 heterocycles. The maximum atomic E-state index is 13.1. The highest BCUT2D eigenvalue weighted by Crippen LogP contribution is 2.30. The molecule has 1 saturated heterocycles. The van der Waals surface area contributed by atoms with Gasteiger partial charge < -0.3 is 29.6 Å². The number of hydrogen-bond donors (Lipinski definition) is 3. The van der Waals surface area contributed by atoms with Crippen LogP contribution in [0.25, 0.3) is 22.5 Å². The molecule has 0 saturated carbocycles. The Labute approximate surface area is 261 Å². The van der Waals surface area contributed by atoms with E-state index in [9.17, 15) is 25.0 Å². The number of aryl methyl sites for hydroxylation is 1. The largest absolute Gasteiger partial charge is 0.569 e. The van der Waals surface area contributed by atoms with Crippen molar-refractivity contribution >= 4 is 23.5 Å². The predicted molar refractivity (Wildman–Crippen MR) is 156 cm³/mol. The summed E-state index contributed by atoms with van der Waals surface area (Å²) in [7, 11) is 0. The number of tetrazole rings is 1. The number of aliphatic carboxylic acids is 1. The molecule has 236 valence electrons. The van der Waals surface area contributed by atoms with Gasteiger partial charge in [0, 0.05) is 24.9 Å². The molecular weight excluding hydrogens is 610 g/mol. The van der Waals surface area contributed by atoms with Crippen molar-refractivity contribution in [2.45, 2.75) is 51.3 Å². The van der Waals surface area contributed by atoms with Crippen LogP contribution in [0.3, 0.4) is 0 Å². The van der Waals surface area contributed by atoms with Crippen LogP contribution in [0.2, 0.25) is 5.15 Å². The monoisotopic (exact) mass is 639 g/mol. The van der Waals surface area contributed by atoms with Gasteiger partial charge in [0.05, 0.1) is 11.1 Å². The number of hydrazine groups is 1. The van der Waals surface area contributed by atoms with Crippen LogP contribution in [-0.4, -0.2) is 87.8 Å². The number of carboxylic acids is 1. The van der Waals surface area contributed by atoms with E-state index in [0.717, 1.165) is 40.1 Å². The molecule has 5 rings (SSSR count). The van der Waals surface area contributed by atoms with E-state index in [1.165, 1.54) is 0 Å². The zero-order valence-electron chi connectivity index (χ0n) is 24.1. The lowest BCUT2D eigenvalue weighted by atomic mass is 9.98. The van der Waals surface area contributed by atoms with Crippen LogP contribution < -0.4 is 0 Å². The smallest absolute Gasteiger partial charge is 0.361 e. The number of ether oxygens (including phenoxy) is 1. The summed E-state index contributed by atoms with van der Waals surface area (Å²) in [5.74, 6) is -1.07. The van der Waals surface area contributed by atoms with Crippen molar-refractivity contribution in [3.63, 3.8) is 0 Å². The highest BCUT2D eigenvalue weighted by molar-refractivity contribution is 6.32. The molecule has 1 fully saturated rings. The lowest BCUT2D eigenvalue weighted by molar-refractivity contribution is -0.713. The van der Waals surface area contributed by atoms with Crippen LogP contribution in [0.15, 0.2) is 53.8 Å². The highest BCUT2D eigenvalue weighted by Gasteiger charge is 2.42. The molecule has 2 unspecified atom stereocenters. The van der Waals surface area contributed by atoms with Crippen molar-refractivity contribution in [2.24, 2.45) is 5.28 Å². The van der Waals surface area contributed by atoms with Crippen LogP contribution in [0, 0.1) is 5.21 Å². The van der Waals surface area contributed by atoms with Gasteiger partial charge in [-0.25, -0.2) is 14.6 Å². The summed E-state index contributed by atoms with van der Waals surface area (Å²) in [4.78, 5) is 33.6. The van der Waals surface area contributed by atoms with E-state index in [1.807, 2.05) is 55.5 Å². The summed E-state index contributed by atoms with van der Waals surface area (Å²) in [5, 5.41) is 49.5. The summed E-state index contributed by atoms with van der Waals surface area (Å²) in [6, 6.07) is 14.2. The fourth-order valence-corrected chi connectivity index (χ4v) is 5.29. The molecule has 0 spiro atoms. The van der Waals surface area contributed by atoms with E-state index >= 15 is 0 Å². The van der Waals surface area contributed by atoms with Gasteiger partial charge in [0.25, 0.3) is 6.79 Å². The number of carbonyl (C=O) groups excluding carboxylic acids is 1. The number of unbranched alkanes of at least 4 members (excludes halogenated alkanes) is 1. The van der Waals surface area contributed by atoms with Crippen LogP contribution in [0.1, 0.15) is 48.1 Å². The molecule has 2 atom stereocenters. The summed E-state index contributed by atoms with van der Waals surface area (Å²) in [6.45, 7) is 1.31. The second-order valence-corrected chi connectivity index (χ2v) is 10.6. The molecule has 0 radical (unpaired) electrons. The molecule has 2 aromatic carbocycles. The van der Waals surface area contributed by atoms with Crippen molar-refractivity contribution < 1.29 is 34.3 Å². The minimum absolute atomic E-state index is 0.00508. The summed E-state index contributed by atoms with van der Waals surface area (Å²) in [5.41, 5.74) is 3.54. The molecule has 45 heavy (non-hydrogen) atoms. The normalized spacial score (nSPS) is 16.6. The van der Waals surface area contributed by atoms with E-state index < -0.39 is 30.9 Å². The molecule has 1 aliphatic heterocycles. The zero-order chi connectivity index (χ0) is 31.9. The number of rotatable bonds is 13. The van der Waals surface area contributed by atoms with Gasteiger partial charge in [0.15, 0.2) is 16.9 Å². The predicted octanol–water partition coefficient (Wildman–Crippen LogP) is 3.22. The molecular formula is C28H30ClN9O7. The molecule has 17 heteroatoms.